The second-order valence-corrected chi connectivity index (χ2v) is 6.38. The first-order valence-corrected chi connectivity index (χ1v) is 8.07. The maximum absolute atomic E-state index is 12.8. The van der Waals surface area contributed by atoms with E-state index in [0.29, 0.717) is 21.5 Å². The molecule has 5 nitrogen and oxygen atoms in total. The number of fused-ring (bicyclic) bond motifs is 2. The average molecular weight is 353 g/mol. The minimum absolute atomic E-state index is 0.0302. The molecule has 6 heteroatoms. The van der Waals surface area contributed by atoms with E-state index in [1.165, 1.54) is 0 Å². The van der Waals surface area contributed by atoms with Crippen LogP contribution in [0.5, 0.6) is 5.75 Å². The van der Waals surface area contributed by atoms with Crippen LogP contribution in [0.25, 0.3) is 10.9 Å². The number of amides is 2. The third-order valence-electron chi connectivity index (χ3n) is 4.47. The van der Waals surface area contributed by atoms with Crippen molar-refractivity contribution in [2.75, 3.05) is 0 Å². The number of benzene rings is 2. The lowest BCUT2D eigenvalue weighted by Gasteiger charge is -2.13. The fraction of sp³-hybridized carbons (Fsp3) is 0.105. The maximum Gasteiger partial charge on any atom is 0.265 e. The molecule has 0 fully saturated rings. The minimum atomic E-state index is -0.511. The monoisotopic (exact) mass is 352 g/mol. The van der Waals surface area contributed by atoms with E-state index in [9.17, 15) is 14.7 Å². The number of aromatic hydroxyl groups is 1. The standard InChI is InChI=1S/C19H13ClN2O3/c1-10-13-3-2-8-21-16(13)17(23)15-14(10)18(24)22(19(15)25)9-11-4-6-12(20)7-5-11/h2-8,23H,9H2,1H3. The summed E-state index contributed by atoms with van der Waals surface area (Å²) in [6.07, 6.45) is 1.54. The van der Waals surface area contributed by atoms with E-state index in [4.69, 9.17) is 11.6 Å². The van der Waals surface area contributed by atoms with Crippen molar-refractivity contribution < 1.29 is 14.7 Å². The van der Waals surface area contributed by atoms with E-state index < -0.39 is 11.8 Å². The van der Waals surface area contributed by atoms with Crippen LogP contribution in [0.1, 0.15) is 31.8 Å². The first kappa shape index (κ1) is 15.6. The SMILES string of the molecule is Cc1c2c(c(O)c3ncccc13)C(=O)N(Cc1ccc(Cl)cc1)C2=O. The summed E-state index contributed by atoms with van der Waals surface area (Å²) in [5, 5.41) is 11.8. The summed E-state index contributed by atoms with van der Waals surface area (Å²) in [6.45, 7) is 1.88. The first-order valence-electron chi connectivity index (χ1n) is 7.70. The van der Waals surface area contributed by atoms with Gasteiger partial charge in [-0.15, -0.1) is 0 Å². The van der Waals surface area contributed by atoms with Crippen molar-refractivity contribution in [2.24, 2.45) is 0 Å². The smallest absolute Gasteiger partial charge is 0.265 e. The number of carbonyl (C=O) groups excluding carboxylic acids is 2. The highest BCUT2D eigenvalue weighted by Crippen LogP contribution is 2.39. The third-order valence-corrected chi connectivity index (χ3v) is 4.72. The molecule has 0 saturated heterocycles. The number of nitrogens with zero attached hydrogens (tertiary/aromatic N) is 2. The minimum Gasteiger partial charge on any atom is -0.505 e. The molecule has 0 unspecified atom stereocenters. The van der Waals surface area contributed by atoms with Gasteiger partial charge in [0.1, 0.15) is 5.52 Å². The van der Waals surface area contributed by atoms with Gasteiger partial charge in [-0.3, -0.25) is 19.5 Å². The number of hydrogen-bond acceptors (Lipinski definition) is 4. The van der Waals surface area contributed by atoms with Crippen LogP contribution in [0.3, 0.4) is 0 Å². The van der Waals surface area contributed by atoms with Gasteiger partial charge < -0.3 is 5.11 Å². The van der Waals surface area contributed by atoms with Gasteiger partial charge >= 0.3 is 0 Å². The van der Waals surface area contributed by atoms with E-state index >= 15 is 0 Å². The van der Waals surface area contributed by atoms with Crippen LogP contribution in [-0.2, 0) is 6.54 Å². The summed E-state index contributed by atoms with van der Waals surface area (Å²) in [6, 6.07) is 10.4. The van der Waals surface area contributed by atoms with Crippen molar-refractivity contribution in [3.63, 3.8) is 0 Å². The van der Waals surface area contributed by atoms with Crippen LogP contribution in [0.15, 0.2) is 42.6 Å². The largest absolute Gasteiger partial charge is 0.505 e. The molecular weight excluding hydrogens is 340 g/mol. The van der Waals surface area contributed by atoms with Crippen molar-refractivity contribution in [3.8, 4) is 5.75 Å². The molecule has 0 radical (unpaired) electrons. The normalized spacial score (nSPS) is 13.6. The molecule has 4 rings (SSSR count). The maximum atomic E-state index is 12.8. The average Bonchev–Trinajstić information content (AvgIpc) is 2.86. The van der Waals surface area contributed by atoms with Crippen molar-refractivity contribution in [1.29, 1.82) is 0 Å². The summed E-state index contributed by atoms with van der Waals surface area (Å²) in [5.41, 5.74) is 2.03. The van der Waals surface area contributed by atoms with Gasteiger partial charge in [0.2, 0.25) is 0 Å². The second kappa shape index (κ2) is 5.57. The Morgan fingerprint density at radius 2 is 1.76 bits per heavy atom. The molecule has 3 aromatic rings. The lowest BCUT2D eigenvalue weighted by molar-refractivity contribution is 0.0641. The Hall–Kier alpha value is -2.92. The van der Waals surface area contributed by atoms with Crippen LogP contribution in [0, 0.1) is 6.92 Å². The number of pyridine rings is 1. The summed E-state index contributed by atoms with van der Waals surface area (Å²) in [7, 11) is 0. The zero-order valence-electron chi connectivity index (χ0n) is 13.3. The molecule has 0 atom stereocenters. The number of phenols is 1. The molecule has 1 N–H and O–H groups in total. The number of halogens is 1. The van der Waals surface area contributed by atoms with E-state index in [0.717, 1.165) is 10.5 Å². The summed E-state index contributed by atoms with van der Waals surface area (Å²) < 4.78 is 0. The summed E-state index contributed by atoms with van der Waals surface area (Å²) in [4.78, 5) is 30.9. The zero-order chi connectivity index (χ0) is 17.7. The number of phenolic OH excluding ortho intramolecular Hbond substituents is 1. The van der Waals surface area contributed by atoms with E-state index in [1.54, 1.807) is 49.5 Å². The Bertz CT molecular complexity index is 984. The lowest BCUT2D eigenvalue weighted by Crippen LogP contribution is -2.29. The van der Waals surface area contributed by atoms with Gasteiger partial charge in [0, 0.05) is 16.6 Å². The highest BCUT2D eigenvalue weighted by atomic mass is 35.5. The van der Waals surface area contributed by atoms with E-state index in [1.807, 2.05) is 0 Å². The van der Waals surface area contributed by atoms with Gasteiger partial charge in [-0.25, -0.2) is 0 Å². The Morgan fingerprint density at radius 3 is 2.48 bits per heavy atom. The van der Waals surface area contributed by atoms with Gasteiger partial charge in [-0.1, -0.05) is 29.8 Å². The molecule has 1 aliphatic heterocycles. The molecule has 0 saturated carbocycles. The highest BCUT2D eigenvalue weighted by Gasteiger charge is 2.40. The third kappa shape index (κ3) is 2.27. The molecular formula is C19H13ClN2O3. The number of aryl methyl sites for hydroxylation is 1. The van der Waals surface area contributed by atoms with Crippen molar-refractivity contribution in [3.05, 3.63) is 69.9 Å². The number of rotatable bonds is 2. The lowest BCUT2D eigenvalue weighted by atomic mass is 9.97. The number of hydrogen-bond donors (Lipinski definition) is 1. The number of imide groups is 1. The van der Waals surface area contributed by atoms with Crippen molar-refractivity contribution in [1.82, 2.24) is 9.88 Å². The fourth-order valence-electron chi connectivity index (χ4n) is 3.21. The fourth-order valence-corrected chi connectivity index (χ4v) is 3.34. The summed E-state index contributed by atoms with van der Waals surface area (Å²) >= 11 is 5.87. The summed E-state index contributed by atoms with van der Waals surface area (Å²) in [5.74, 6) is -1.16. The van der Waals surface area contributed by atoms with Crippen LogP contribution in [0.2, 0.25) is 5.02 Å². The molecule has 1 aromatic heterocycles. The number of aromatic nitrogens is 1. The van der Waals surface area contributed by atoms with E-state index in [-0.39, 0.29) is 23.4 Å². The van der Waals surface area contributed by atoms with Crippen LogP contribution < -0.4 is 0 Å². The van der Waals surface area contributed by atoms with Gasteiger partial charge in [-0.2, -0.15) is 0 Å². The van der Waals surface area contributed by atoms with Crippen molar-refractivity contribution in [2.45, 2.75) is 13.5 Å². The molecule has 25 heavy (non-hydrogen) atoms. The molecule has 2 aromatic carbocycles. The highest BCUT2D eigenvalue weighted by molar-refractivity contribution is 6.30. The molecule has 0 aliphatic carbocycles. The van der Waals surface area contributed by atoms with Gasteiger partial charge in [0.05, 0.1) is 17.7 Å². The Balaban J connectivity index is 1.84. The predicted molar refractivity (Wildman–Crippen MR) is 93.8 cm³/mol. The van der Waals surface area contributed by atoms with Gasteiger partial charge in [-0.05, 0) is 36.2 Å². The molecule has 124 valence electrons. The molecule has 2 heterocycles. The topological polar surface area (TPSA) is 70.5 Å². The Kier molecular flexibility index (Phi) is 3.47. The zero-order valence-corrected chi connectivity index (χ0v) is 14.0. The van der Waals surface area contributed by atoms with Crippen LogP contribution in [0.4, 0.5) is 0 Å². The van der Waals surface area contributed by atoms with Gasteiger partial charge in [0.25, 0.3) is 11.8 Å². The second-order valence-electron chi connectivity index (χ2n) is 5.95. The predicted octanol–water partition coefficient (Wildman–Crippen LogP) is 3.70. The first-order chi connectivity index (χ1) is 12.0. The van der Waals surface area contributed by atoms with Crippen LogP contribution in [-0.4, -0.2) is 26.8 Å². The van der Waals surface area contributed by atoms with E-state index in [2.05, 4.69) is 4.98 Å². The van der Waals surface area contributed by atoms with Crippen LogP contribution >= 0.6 is 11.6 Å². The quantitative estimate of drug-likeness (QED) is 0.714. The molecule has 0 spiro atoms. The van der Waals surface area contributed by atoms with Gasteiger partial charge in [0.15, 0.2) is 5.75 Å². The Labute approximate surface area is 148 Å². The molecule has 0 bridgehead atoms. The Morgan fingerprint density at radius 1 is 1.08 bits per heavy atom. The molecule has 2 amide bonds. The molecule has 1 aliphatic rings. The van der Waals surface area contributed by atoms with Crippen molar-refractivity contribution >= 4 is 34.3 Å². The number of carbonyl (C=O) groups is 2.